The number of pyridine rings is 1. The van der Waals surface area contributed by atoms with E-state index >= 15 is 0 Å². The third kappa shape index (κ3) is 3.31. The number of aryl methyl sites for hydroxylation is 1. The summed E-state index contributed by atoms with van der Waals surface area (Å²) < 4.78 is 27.7. The van der Waals surface area contributed by atoms with Crippen LogP contribution in [0.25, 0.3) is 0 Å². The van der Waals surface area contributed by atoms with Crippen molar-refractivity contribution in [2.24, 2.45) is 0 Å². The molecule has 0 amide bonds. The molecular weight excluding hydrogens is 284 g/mol. The highest BCUT2D eigenvalue weighted by atomic mass is 32.2. The van der Waals surface area contributed by atoms with E-state index in [9.17, 15) is 8.42 Å². The molecule has 112 valence electrons. The van der Waals surface area contributed by atoms with Gasteiger partial charge in [-0.1, -0.05) is 0 Å². The normalized spacial score (nSPS) is 11.6. The predicted molar refractivity (Wildman–Crippen MR) is 83.7 cm³/mol. The van der Waals surface area contributed by atoms with Crippen molar-refractivity contribution in [2.75, 3.05) is 0 Å². The van der Waals surface area contributed by atoms with E-state index in [1.54, 1.807) is 30.6 Å². The molecule has 0 unspecified atom stereocenters. The first-order valence-corrected chi connectivity index (χ1v) is 8.27. The van der Waals surface area contributed by atoms with E-state index in [1.807, 2.05) is 27.7 Å². The van der Waals surface area contributed by atoms with E-state index in [2.05, 4.69) is 9.71 Å². The Morgan fingerprint density at radius 3 is 2.24 bits per heavy atom. The molecule has 0 saturated heterocycles. The lowest BCUT2D eigenvalue weighted by Crippen LogP contribution is -2.24. The Hall–Kier alpha value is -1.72. The van der Waals surface area contributed by atoms with E-state index in [4.69, 9.17) is 0 Å². The van der Waals surface area contributed by atoms with Crippen LogP contribution < -0.4 is 4.72 Å². The van der Waals surface area contributed by atoms with Gasteiger partial charge in [0, 0.05) is 18.9 Å². The smallest absolute Gasteiger partial charge is 0.241 e. The van der Waals surface area contributed by atoms with E-state index in [0.29, 0.717) is 4.90 Å². The van der Waals surface area contributed by atoms with E-state index in [0.717, 1.165) is 27.8 Å². The fourth-order valence-corrected chi connectivity index (χ4v) is 3.61. The molecule has 0 spiro atoms. The van der Waals surface area contributed by atoms with Crippen molar-refractivity contribution in [3.63, 3.8) is 0 Å². The van der Waals surface area contributed by atoms with Crippen molar-refractivity contribution in [3.05, 3.63) is 58.4 Å². The summed E-state index contributed by atoms with van der Waals surface area (Å²) in [4.78, 5) is 4.28. The van der Waals surface area contributed by atoms with Crippen LogP contribution in [0.5, 0.6) is 0 Å². The number of rotatable bonds is 4. The highest BCUT2D eigenvalue weighted by Crippen LogP contribution is 2.24. The van der Waals surface area contributed by atoms with Gasteiger partial charge in [-0.3, -0.25) is 4.98 Å². The second kappa shape index (κ2) is 5.95. The lowest BCUT2D eigenvalue weighted by molar-refractivity contribution is 0.580. The maximum Gasteiger partial charge on any atom is 0.241 e. The Bertz CT molecular complexity index is 754. The molecule has 0 radical (unpaired) electrons. The van der Waals surface area contributed by atoms with Crippen LogP contribution in [-0.2, 0) is 16.6 Å². The number of nitrogens with zero attached hydrogens (tertiary/aromatic N) is 1. The first-order valence-electron chi connectivity index (χ1n) is 6.79. The molecule has 1 N–H and O–H groups in total. The van der Waals surface area contributed by atoms with Gasteiger partial charge in [0.2, 0.25) is 10.0 Å². The maximum absolute atomic E-state index is 12.5. The van der Waals surface area contributed by atoms with Gasteiger partial charge >= 0.3 is 0 Å². The van der Waals surface area contributed by atoms with Crippen LogP contribution in [0.15, 0.2) is 35.5 Å². The highest BCUT2D eigenvalue weighted by Gasteiger charge is 2.19. The molecule has 0 bridgehead atoms. The average molecular weight is 304 g/mol. The molecule has 0 atom stereocenters. The molecule has 0 fully saturated rings. The third-order valence-corrected chi connectivity index (χ3v) is 5.47. The summed E-state index contributed by atoms with van der Waals surface area (Å²) in [6.07, 6.45) is 3.30. The number of hydrogen-bond donors (Lipinski definition) is 1. The van der Waals surface area contributed by atoms with Crippen molar-refractivity contribution in [1.82, 2.24) is 9.71 Å². The molecule has 0 aliphatic heterocycles. The van der Waals surface area contributed by atoms with Gasteiger partial charge in [0.1, 0.15) is 0 Å². The molecule has 4 nitrogen and oxygen atoms in total. The fraction of sp³-hybridized carbons (Fsp3) is 0.312. The molecule has 2 aromatic rings. The van der Waals surface area contributed by atoms with Crippen LogP contribution >= 0.6 is 0 Å². The van der Waals surface area contributed by atoms with Crippen molar-refractivity contribution >= 4 is 10.0 Å². The molecular formula is C16H20N2O2S. The monoisotopic (exact) mass is 304 g/mol. The Morgan fingerprint density at radius 2 is 1.62 bits per heavy atom. The zero-order valence-corrected chi connectivity index (χ0v) is 13.6. The summed E-state index contributed by atoms with van der Waals surface area (Å²) in [7, 11) is -3.52. The van der Waals surface area contributed by atoms with Gasteiger partial charge in [-0.05, 0) is 73.7 Å². The summed E-state index contributed by atoms with van der Waals surface area (Å²) in [6, 6.07) is 5.33. The van der Waals surface area contributed by atoms with Crippen LogP contribution in [-0.4, -0.2) is 13.4 Å². The van der Waals surface area contributed by atoms with Crippen LogP contribution in [0, 0.1) is 27.7 Å². The summed E-state index contributed by atoms with van der Waals surface area (Å²) in [5.74, 6) is 0. The Labute approximate surface area is 126 Å². The largest absolute Gasteiger partial charge is 0.265 e. The van der Waals surface area contributed by atoms with Crippen LogP contribution in [0.1, 0.15) is 27.8 Å². The van der Waals surface area contributed by atoms with Crippen molar-refractivity contribution in [3.8, 4) is 0 Å². The van der Waals surface area contributed by atoms with Gasteiger partial charge in [-0.2, -0.15) is 0 Å². The topological polar surface area (TPSA) is 59.1 Å². The molecule has 0 aliphatic carbocycles. The lowest BCUT2D eigenvalue weighted by Gasteiger charge is -2.15. The standard InChI is InChI=1S/C16H20N2O2S/c1-11-9-16(14(4)13(3)12(11)2)21(19,20)18-10-15-5-7-17-8-6-15/h5-9,18H,10H2,1-4H3. The Balaban J connectivity index is 2.32. The van der Waals surface area contributed by atoms with Crippen LogP contribution in [0.4, 0.5) is 0 Å². The van der Waals surface area contributed by atoms with Gasteiger partial charge < -0.3 is 0 Å². The van der Waals surface area contributed by atoms with Gasteiger partial charge in [-0.25, -0.2) is 13.1 Å². The first kappa shape index (κ1) is 15.7. The Kier molecular flexibility index (Phi) is 4.44. The van der Waals surface area contributed by atoms with Crippen LogP contribution in [0.3, 0.4) is 0 Å². The molecule has 0 saturated carbocycles. The van der Waals surface area contributed by atoms with E-state index in [1.165, 1.54) is 0 Å². The quantitative estimate of drug-likeness (QED) is 0.945. The number of aromatic nitrogens is 1. The zero-order chi connectivity index (χ0) is 15.6. The number of hydrogen-bond acceptors (Lipinski definition) is 3. The molecule has 0 aliphatic rings. The van der Waals surface area contributed by atoms with Crippen molar-refractivity contribution < 1.29 is 8.42 Å². The average Bonchev–Trinajstić information content (AvgIpc) is 2.48. The van der Waals surface area contributed by atoms with Gasteiger partial charge in [-0.15, -0.1) is 0 Å². The second-order valence-corrected chi connectivity index (χ2v) is 6.98. The minimum Gasteiger partial charge on any atom is -0.265 e. The summed E-state index contributed by atoms with van der Waals surface area (Å²) in [5, 5.41) is 0. The molecule has 21 heavy (non-hydrogen) atoms. The first-order chi connectivity index (χ1) is 9.83. The summed E-state index contributed by atoms with van der Waals surface area (Å²) >= 11 is 0. The zero-order valence-electron chi connectivity index (χ0n) is 12.8. The fourth-order valence-electron chi connectivity index (χ4n) is 2.21. The van der Waals surface area contributed by atoms with Gasteiger partial charge in [0.05, 0.1) is 4.90 Å². The summed E-state index contributed by atoms with van der Waals surface area (Å²) in [5.41, 5.74) is 4.84. The third-order valence-electron chi connectivity index (χ3n) is 3.94. The maximum atomic E-state index is 12.5. The summed E-state index contributed by atoms with van der Waals surface area (Å²) in [6.45, 7) is 8.01. The Morgan fingerprint density at radius 1 is 1.00 bits per heavy atom. The predicted octanol–water partition coefficient (Wildman–Crippen LogP) is 2.79. The van der Waals surface area contributed by atoms with Crippen molar-refractivity contribution in [2.45, 2.75) is 39.1 Å². The number of sulfonamides is 1. The molecule has 1 aromatic heterocycles. The number of nitrogens with one attached hydrogen (secondary N) is 1. The molecule has 1 aromatic carbocycles. The SMILES string of the molecule is Cc1cc(S(=O)(=O)NCc2ccncc2)c(C)c(C)c1C. The minimum absolute atomic E-state index is 0.260. The second-order valence-electron chi connectivity index (χ2n) is 5.25. The minimum atomic E-state index is -3.52. The van der Waals surface area contributed by atoms with Gasteiger partial charge in [0.25, 0.3) is 0 Å². The van der Waals surface area contributed by atoms with E-state index in [-0.39, 0.29) is 6.54 Å². The number of benzene rings is 1. The molecule has 5 heteroatoms. The van der Waals surface area contributed by atoms with E-state index < -0.39 is 10.0 Å². The van der Waals surface area contributed by atoms with Crippen molar-refractivity contribution in [1.29, 1.82) is 0 Å². The molecule has 2 rings (SSSR count). The molecule has 1 heterocycles. The van der Waals surface area contributed by atoms with Gasteiger partial charge in [0.15, 0.2) is 0 Å². The lowest BCUT2D eigenvalue weighted by atomic mass is 10.00. The highest BCUT2D eigenvalue weighted by molar-refractivity contribution is 7.89. The van der Waals surface area contributed by atoms with Crippen LogP contribution in [0.2, 0.25) is 0 Å².